The number of rotatable bonds is 5. The SMILES string of the molecule is CCNC(=S)N/N=C(/C)C(c1ccccc1)c1ccccc1. The number of hydrogen-bond donors (Lipinski definition) is 2. The van der Waals surface area contributed by atoms with E-state index >= 15 is 0 Å². The first kappa shape index (κ1) is 16.2. The van der Waals surface area contributed by atoms with Crippen LogP contribution in [-0.2, 0) is 0 Å². The van der Waals surface area contributed by atoms with Crippen molar-refractivity contribution in [2.24, 2.45) is 5.10 Å². The number of nitrogens with one attached hydrogen (secondary N) is 2. The highest BCUT2D eigenvalue weighted by molar-refractivity contribution is 7.80. The average Bonchev–Trinajstić information content (AvgIpc) is 2.55. The Morgan fingerprint density at radius 3 is 1.95 bits per heavy atom. The molecule has 0 aliphatic heterocycles. The zero-order chi connectivity index (χ0) is 15.8. The quantitative estimate of drug-likeness (QED) is 0.502. The van der Waals surface area contributed by atoms with Crippen LogP contribution in [0, 0.1) is 0 Å². The molecule has 22 heavy (non-hydrogen) atoms. The summed E-state index contributed by atoms with van der Waals surface area (Å²) in [6, 6.07) is 20.7. The van der Waals surface area contributed by atoms with E-state index in [4.69, 9.17) is 12.2 Å². The van der Waals surface area contributed by atoms with Crippen molar-refractivity contribution in [3.05, 3.63) is 71.8 Å². The highest BCUT2D eigenvalue weighted by Crippen LogP contribution is 2.25. The lowest BCUT2D eigenvalue weighted by atomic mass is 9.88. The lowest BCUT2D eigenvalue weighted by Crippen LogP contribution is -2.32. The molecule has 0 heterocycles. The van der Waals surface area contributed by atoms with E-state index in [2.05, 4.69) is 64.4 Å². The van der Waals surface area contributed by atoms with Crippen molar-refractivity contribution in [1.82, 2.24) is 10.7 Å². The van der Waals surface area contributed by atoms with Gasteiger partial charge in [-0.3, -0.25) is 5.43 Å². The Balaban J connectivity index is 2.29. The van der Waals surface area contributed by atoms with Gasteiger partial charge in [0.15, 0.2) is 5.11 Å². The first-order chi connectivity index (χ1) is 10.7. The molecule has 0 spiro atoms. The second-order valence-electron chi connectivity index (χ2n) is 4.98. The van der Waals surface area contributed by atoms with Crippen LogP contribution in [0.3, 0.4) is 0 Å². The zero-order valence-electron chi connectivity index (χ0n) is 12.9. The molecule has 0 fully saturated rings. The zero-order valence-corrected chi connectivity index (χ0v) is 13.7. The Bertz CT molecular complexity index is 584. The number of hydrazone groups is 1. The second-order valence-corrected chi connectivity index (χ2v) is 5.39. The molecule has 0 aromatic heterocycles. The van der Waals surface area contributed by atoms with Gasteiger partial charge in [-0.15, -0.1) is 0 Å². The third-order valence-corrected chi connectivity index (χ3v) is 3.59. The predicted molar refractivity (Wildman–Crippen MR) is 97.2 cm³/mol. The summed E-state index contributed by atoms with van der Waals surface area (Å²) >= 11 is 5.16. The Labute approximate surface area is 137 Å². The highest BCUT2D eigenvalue weighted by Gasteiger charge is 2.17. The maximum absolute atomic E-state index is 5.16. The first-order valence-corrected chi connectivity index (χ1v) is 7.81. The molecule has 0 amide bonds. The van der Waals surface area contributed by atoms with Crippen LogP contribution in [0.2, 0.25) is 0 Å². The molecule has 2 aromatic carbocycles. The Hall–Kier alpha value is -2.20. The third kappa shape index (κ3) is 4.40. The maximum atomic E-state index is 5.16. The Kier molecular flexibility index (Phi) is 6.10. The van der Waals surface area contributed by atoms with Gasteiger partial charge in [0.2, 0.25) is 0 Å². The number of thiocarbonyl (C=S) groups is 1. The fraction of sp³-hybridized carbons (Fsp3) is 0.222. The molecule has 0 atom stereocenters. The minimum atomic E-state index is 0.110. The van der Waals surface area contributed by atoms with Crippen molar-refractivity contribution in [3.8, 4) is 0 Å². The smallest absolute Gasteiger partial charge is 0.186 e. The van der Waals surface area contributed by atoms with E-state index in [1.807, 2.05) is 26.0 Å². The van der Waals surface area contributed by atoms with E-state index in [1.54, 1.807) is 0 Å². The molecule has 3 nitrogen and oxygen atoms in total. The molecule has 0 saturated carbocycles. The van der Waals surface area contributed by atoms with Crippen LogP contribution in [0.25, 0.3) is 0 Å². The Morgan fingerprint density at radius 1 is 1.00 bits per heavy atom. The molecule has 2 N–H and O–H groups in total. The summed E-state index contributed by atoms with van der Waals surface area (Å²) in [7, 11) is 0. The fourth-order valence-electron chi connectivity index (χ4n) is 2.37. The first-order valence-electron chi connectivity index (χ1n) is 7.40. The topological polar surface area (TPSA) is 36.4 Å². The van der Waals surface area contributed by atoms with E-state index in [9.17, 15) is 0 Å². The molecule has 2 rings (SSSR count). The monoisotopic (exact) mass is 311 g/mol. The maximum Gasteiger partial charge on any atom is 0.186 e. The van der Waals surface area contributed by atoms with E-state index in [0.29, 0.717) is 5.11 Å². The van der Waals surface area contributed by atoms with E-state index in [-0.39, 0.29) is 5.92 Å². The van der Waals surface area contributed by atoms with Gasteiger partial charge in [0.25, 0.3) is 0 Å². The number of hydrogen-bond acceptors (Lipinski definition) is 2. The van der Waals surface area contributed by atoms with Crippen molar-refractivity contribution >= 4 is 23.0 Å². The summed E-state index contributed by atoms with van der Waals surface area (Å²) in [6.07, 6.45) is 0. The van der Waals surface area contributed by atoms with Crippen molar-refractivity contribution < 1.29 is 0 Å². The van der Waals surface area contributed by atoms with Crippen molar-refractivity contribution in [3.63, 3.8) is 0 Å². The molecule has 114 valence electrons. The lowest BCUT2D eigenvalue weighted by Gasteiger charge is -2.18. The van der Waals surface area contributed by atoms with Gasteiger partial charge in [0, 0.05) is 18.2 Å². The van der Waals surface area contributed by atoms with Gasteiger partial charge in [0.05, 0.1) is 0 Å². The van der Waals surface area contributed by atoms with Crippen LogP contribution in [0.1, 0.15) is 30.9 Å². The van der Waals surface area contributed by atoms with E-state index in [0.717, 1.165) is 12.3 Å². The molecule has 0 saturated heterocycles. The predicted octanol–water partition coefficient (Wildman–Crippen LogP) is 3.68. The standard InChI is InChI=1S/C18H21N3S/c1-3-19-18(22)21-20-14(2)17(15-10-6-4-7-11-15)16-12-8-5-9-13-16/h4-13,17H,3H2,1-2H3,(H2,19,21,22)/b20-14-. The van der Waals surface area contributed by atoms with Crippen LogP contribution < -0.4 is 10.7 Å². The lowest BCUT2D eigenvalue weighted by molar-refractivity contribution is 0.890. The largest absolute Gasteiger partial charge is 0.362 e. The summed E-state index contributed by atoms with van der Waals surface area (Å²) in [5, 5.41) is 8.03. The van der Waals surface area contributed by atoms with Gasteiger partial charge >= 0.3 is 0 Å². The molecule has 0 aliphatic carbocycles. The van der Waals surface area contributed by atoms with E-state index in [1.165, 1.54) is 11.1 Å². The van der Waals surface area contributed by atoms with Gasteiger partial charge in [-0.2, -0.15) is 5.10 Å². The summed E-state index contributed by atoms with van der Waals surface area (Å²) in [4.78, 5) is 0. The van der Waals surface area contributed by atoms with Crippen LogP contribution in [-0.4, -0.2) is 17.4 Å². The average molecular weight is 311 g/mol. The van der Waals surface area contributed by atoms with E-state index < -0.39 is 0 Å². The summed E-state index contributed by atoms with van der Waals surface area (Å²) in [5.74, 6) is 0.110. The second kappa shape index (κ2) is 8.29. The minimum Gasteiger partial charge on any atom is -0.362 e. The molecule has 4 heteroatoms. The minimum absolute atomic E-state index is 0.110. The number of benzene rings is 2. The third-order valence-electron chi connectivity index (χ3n) is 3.35. The highest BCUT2D eigenvalue weighted by atomic mass is 32.1. The van der Waals surface area contributed by atoms with Gasteiger partial charge < -0.3 is 5.32 Å². The van der Waals surface area contributed by atoms with Crippen LogP contribution in [0.4, 0.5) is 0 Å². The number of nitrogens with zero attached hydrogens (tertiary/aromatic N) is 1. The fourth-order valence-corrected chi connectivity index (χ4v) is 2.56. The molecule has 0 bridgehead atoms. The summed E-state index contributed by atoms with van der Waals surface area (Å²) < 4.78 is 0. The van der Waals surface area contributed by atoms with Crippen molar-refractivity contribution in [2.45, 2.75) is 19.8 Å². The molecular formula is C18H21N3S. The summed E-state index contributed by atoms with van der Waals surface area (Å²) in [6.45, 7) is 4.80. The van der Waals surface area contributed by atoms with Crippen LogP contribution in [0.5, 0.6) is 0 Å². The molecule has 0 radical (unpaired) electrons. The molecule has 0 aliphatic rings. The van der Waals surface area contributed by atoms with Gasteiger partial charge in [-0.25, -0.2) is 0 Å². The van der Waals surface area contributed by atoms with Gasteiger partial charge in [-0.1, -0.05) is 60.7 Å². The Morgan fingerprint density at radius 2 is 1.50 bits per heavy atom. The van der Waals surface area contributed by atoms with Crippen LogP contribution >= 0.6 is 12.2 Å². The van der Waals surface area contributed by atoms with Crippen molar-refractivity contribution in [1.29, 1.82) is 0 Å². The molecule has 2 aromatic rings. The van der Waals surface area contributed by atoms with Crippen LogP contribution in [0.15, 0.2) is 65.8 Å². The van der Waals surface area contributed by atoms with Crippen molar-refractivity contribution in [2.75, 3.05) is 6.54 Å². The van der Waals surface area contributed by atoms with Gasteiger partial charge in [-0.05, 0) is 37.2 Å². The van der Waals surface area contributed by atoms with Gasteiger partial charge in [0.1, 0.15) is 0 Å². The molecule has 0 unspecified atom stereocenters. The molecular weight excluding hydrogens is 290 g/mol. The normalized spacial score (nSPS) is 11.3. The summed E-state index contributed by atoms with van der Waals surface area (Å²) in [5.41, 5.74) is 6.31.